The first-order valence-corrected chi connectivity index (χ1v) is 11.1. The number of carbonyl (C=O) groups is 1. The van der Waals surface area contributed by atoms with Crippen LogP contribution in [0.25, 0.3) is 16.7 Å². The van der Waals surface area contributed by atoms with Crippen molar-refractivity contribution in [1.82, 2.24) is 24.6 Å². The molecule has 2 aromatic heterocycles. The summed E-state index contributed by atoms with van der Waals surface area (Å²) in [6.45, 7) is 2.36. The van der Waals surface area contributed by atoms with Crippen LogP contribution in [0.4, 0.5) is 5.82 Å². The molecule has 0 spiro atoms. The molecule has 1 aliphatic heterocycles. The summed E-state index contributed by atoms with van der Waals surface area (Å²) in [7, 11) is 0. The molecule has 2 aromatic carbocycles. The maximum Gasteiger partial charge on any atom is 0.255 e. The smallest absolute Gasteiger partial charge is 0.255 e. The fourth-order valence-electron chi connectivity index (χ4n) is 3.84. The molecule has 1 saturated heterocycles. The maximum absolute atomic E-state index is 12.9. The second-order valence-corrected chi connectivity index (χ2v) is 8.65. The van der Waals surface area contributed by atoms with Crippen molar-refractivity contribution < 1.29 is 4.79 Å². The fourth-order valence-corrected chi connectivity index (χ4v) is 4.51. The van der Waals surface area contributed by atoms with Crippen LogP contribution in [0.2, 0.25) is 15.1 Å². The summed E-state index contributed by atoms with van der Waals surface area (Å²) in [6, 6.07) is 12.4. The molecule has 5 rings (SSSR count). The van der Waals surface area contributed by atoms with E-state index in [1.807, 2.05) is 24.3 Å². The Morgan fingerprint density at radius 2 is 1.69 bits per heavy atom. The fraction of sp³-hybridized carbons (Fsp3) is 0.182. The molecule has 32 heavy (non-hydrogen) atoms. The van der Waals surface area contributed by atoms with Gasteiger partial charge in [0.05, 0.1) is 27.9 Å². The second kappa shape index (κ2) is 8.58. The van der Waals surface area contributed by atoms with Crippen LogP contribution < -0.4 is 4.90 Å². The lowest BCUT2D eigenvalue weighted by Gasteiger charge is -2.35. The number of aromatic nitrogens is 4. The van der Waals surface area contributed by atoms with Crippen molar-refractivity contribution in [2.24, 2.45) is 0 Å². The molecule has 0 unspecified atom stereocenters. The summed E-state index contributed by atoms with van der Waals surface area (Å²) in [5.74, 6) is 0.688. The average Bonchev–Trinajstić information content (AvgIpc) is 3.23. The predicted octanol–water partition coefficient (Wildman–Crippen LogP) is 4.74. The van der Waals surface area contributed by atoms with E-state index < -0.39 is 0 Å². The van der Waals surface area contributed by atoms with Crippen molar-refractivity contribution in [2.75, 3.05) is 31.1 Å². The molecule has 4 aromatic rings. The second-order valence-electron chi connectivity index (χ2n) is 7.37. The molecule has 0 bridgehead atoms. The average molecular weight is 488 g/mol. The lowest BCUT2D eigenvalue weighted by molar-refractivity contribution is 0.0747. The molecule has 7 nitrogen and oxygen atoms in total. The van der Waals surface area contributed by atoms with Crippen LogP contribution in [-0.2, 0) is 0 Å². The van der Waals surface area contributed by atoms with Gasteiger partial charge in [-0.25, -0.2) is 14.6 Å². The van der Waals surface area contributed by atoms with Gasteiger partial charge in [-0.3, -0.25) is 4.79 Å². The zero-order valence-corrected chi connectivity index (χ0v) is 19.0. The minimum absolute atomic E-state index is 0.104. The minimum Gasteiger partial charge on any atom is -0.352 e. The Morgan fingerprint density at radius 1 is 0.906 bits per heavy atom. The zero-order valence-electron chi connectivity index (χ0n) is 16.8. The molecule has 1 fully saturated rings. The number of piperazine rings is 1. The highest BCUT2D eigenvalue weighted by atomic mass is 35.5. The van der Waals surface area contributed by atoms with E-state index in [4.69, 9.17) is 34.8 Å². The van der Waals surface area contributed by atoms with E-state index in [1.165, 1.54) is 6.33 Å². The van der Waals surface area contributed by atoms with Gasteiger partial charge in [-0.15, -0.1) is 0 Å². The highest BCUT2D eigenvalue weighted by Crippen LogP contribution is 2.27. The number of hydrogen-bond acceptors (Lipinski definition) is 5. The van der Waals surface area contributed by atoms with Gasteiger partial charge in [-0.05, 0) is 36.4 Å². The van der Waals surface area contributed by atoms with Gasteiger partial charge >= 0.3 is 0 Å². The standard InChI is InChI=1S/C22H17Cl3N6O/c23-14-2-1-3-16(10-14)31-21-18(12-28-31)20(26-13-27-21)29-6-8-30(9-7-29)22(32)17-5-4-15(24)11-19(17)25/h1-5,10-13H,6-9H2. The van der Waals surface area contributed by atoms with E-state index in [-0.39, 0.29) is 5.91 Å². The Labute approximate surface area is 199 Å². The van der Waals surface area contributed by atoms with Crippen molar-refractivity contribution in [3.63, 3.8) is 0 Å². The molecule has 10 heteroatoms. The number of rotatable bonds is 3. The summed E-state index contributed by atoms with van der Waals surface area (Å²) < 4.78 is 1.74. The Hall–Kier alpha value is -2.87. The summed E-state index contributed by atoms with van der Waals surface area (Å²) >= 11 is 18.3. The third-order valence-electron chi connectivity index (χ3n) is 5.43. The first-order chi connectivity index (χ1) is 15.5. The first kappa shape index (κ1) is 21.0. The van der Waals surface area contributed by atoms with Crippen LogP contribution >= 0.6 is 34.8 Å². The number of halogens is 3. The monoisotopic (exact) mass is 486 g/mol. The van der Waals surface area contributed by atoms with E-state index in [0.717, 1.165) is 16.9 Å². The highest BCUT2D eigenvalue weighted by molar-refractivity contribution is 6.36. The Kier molecular flexibility index (Phi) is 5.63. The van der Waals surface area contributed by atoms with Gasteiger partial charge in [-0.2, -0.15) is 5.10 Å². The molecule has 0 N–H and O–H groups in total. The van der Waals surface area contributed by atoms with Gasteiger partial charge in [0.1, 0.15) is 12.1 Å². The molecular weight excluding hydrogens is 471 g/mol. The summed E-state index contributed by atoms with van der Waals surface area (Å²) in [5, 5.41) is 6.83. The molecule has 3 heterocycles. The van der Waals surface area contributed by atoms with Gasteiger partial charge in [0.2, 0.25) is 0 Å². The van der Waals surface area contributed by atoms with E-state index >= 15 is 0 Å². The quantitative estimate of drug-likeness (QED) is 0.418. The lowest BCUT2D eigenvalue weighted by Crippen LogP contribution is -2.49. The van der Waals surface area contributed by atoms with E-state index in [1.54, 1.807) is 34.0 Å². The highest BCUT2D eigenvalue weighted by Gasteiger charge is 2.26. The van der Waals surface area contributed by atoms with Crippen LogP contribution in [0.5, 0.6) is 0 Å². The Balaban J connectivity index is 1.37. The number of carbonyl (C=O) groups excluding carboxylic acids is 1. The van der Waals surface area contributed by atoms with Gasteiger partial charge in [0.25, 0.3) is 5.91 Å². The van der Waals surface area contributed by atoms with E-state index in [0.29, 0.717) is 52.5 Å². The molecule has 0 saturated carbocycles. The van der Waals surface area contributed by atoms with Crippen LogP contribution in [0, 0.1) is 0 Å². The van der Waals surface area contributed by atoms with Crippen molar-refractivity contribution in [3.05, 3.63) is 75.6 Å². The normalized spacial score (nSPS) is 14.2. The van der Waals surface area contributed by atoms with Crippen LogP contribution in [-0.4, -0.2) is 56.7 Å². The number of benzene rings is 2. The van der Waals surface area contributed by atoms with Crippen LogP contribution in [0.15, 0.2) is 55.0 Å². The third-order valence-corrected chi connectivity index (χ3v) is 6.21. The van der Waals surface area contributed by atoms with Gasteiger partial charge in [-0.1, -0.05) is 40.9 Å². The number of nitrogens with zero attached hydrogens (tertiary/aromatic N) is 6. The van der Waals surface area contributed by atoms with Crippen molar-refractivity contribution in [2.45, 2.75) is 0 Å². The van der Waals surface area contributed by atoms with Crippen molar-refractivity contribution in [3.8, 4) is 5.69 Å². The number of hydrogen-bond donors (Lipinski definition) is 0. The molecule has 0 atom stereocenters. The number of fused-ring (bicyclic) bond motifs is 1. The van der Waals surface area contributed by atoms with Gasteiger partial charge in [0.15, 0.2) is 5.65 Å². The molecule has 0 aliphatic carbocycles. The zero-order chi connectivity index (χ0) is 22.2. The Morgan fingerprint density at radius 3 is 2.44 bits per heavy atom. The SMILES string of the molecule is O=C(c1ccc(Cl)cc1Cl)N1CCN(c2ncnc3c2cnn3-c2cccc(Cl)c2)CC1. The summed E-state index contributed by atoms with van der Waals surface area (Å²) in [6.07, 6.45) is 3.29. The summed E-state index contributed by atoms with van der Waals surface area (Å²) in [4.78, 5) is 25.8. The van der Waals surface area contributed by atoms with Gasteiger partial charge in [0, 0.05) is 36.2 Å². The maximum atomic E-state index is 12.9. The molecule has 162 valence electrons. The first-order valence-electron chi connectivity index (χ1n) is 9.95. The van der Waals surface area contributed by atoms with Crippen molar-refractivity contribution in [1.29, 1.82) is 0 Å². The van der Waals surface area contributed by atoms with E-state index in [9.17, 15) is 4.79 Å². The van der Waals surface area contributed by atoms with Gasteiger partial charge < -0.3 is 9.80 Å². The van der Waals surface area contributed by atoms with Crippen LogP contribution in [0.1, 0.15) is 10.4 Å². The third kappa shape index (κ3) is 3.88. The molecule has 1 amide bonds. The summed E-state index contributed by atoms with van der Waals surface area (Å²) in [5.41, 5.74) is 1.98. The van der Waals surface area contributed by atoms with Crippen LogP contribution in [0.3, 0.4) is 0 Å². The largest absolute Gasteiger partial charge is 0.352 e. The minimum atomic E-state index is -0.104. The Bertz CT molecular complexity index is 1320. The molecule has 0 radical (unpaired) electrons. The molecule has 1 aliphatic rings. The number of anilines is 1. The predicted molar refractivity (Wildman–Crippen MR) is 126 cm³/mol. The number of amides is 1. The lowest BCUT2D eigenvalue weighted by atomic mass is 10.1. The molecular formula is C22H17Cl3N6O. The van der Waals surface area contributed by atoms with E-state index in [2.05, 4.69) is 20.0 Å². The topological polar surface area (TPSA) is 67.2 Å². The van der Waals surface area contributed by atoms with Crippen molar-refractivity contribution >= 4 is 57.6 Å².